The van der Waals surface area contributed by atoms with Gasteiger partial charge in [0.25, 0.3) is 5.91 Å². The third kappa shape index (κ3) is 4.38. The number of carbonyl (C=O) groups excluding carboxylic acids is 1. The Bertz CT molecular complexity index is 967. The van der Waals surface area contributed by atoms with Crippen LogP contribution in [-0.4, -0.2) is 56.3 Å². The standard InChI is InChI=1S/C21H23N5O2S/c1-25(2)19-17(14-22-21(24-19)26-9-11-28-12-10-26)23-20(27)16-7-5-15(6-8-16)18-4-3-13-29-18/h3-8,13-14H,9-12H2,1-2H3,(H,23,27). The largest absolute Gasteiger partial charge is 0.378 e. The molecule has 0 spiro atoms. The van der Waals surface area contributed by atoms with Crippen molar-refractivity contribution in [1.82, 2.24) is 9.97 Å². The third-order valence-corrected chi connectivity index (χ3v) is 5.59. The minimum absolute atomic E-state index is 0.187. The van der Waals surface area contributed by atoms with Gasteiger partial charge in [-0.05, 0) is 29.1 Å². The fourth-order valence-electron chi connectivity index (χ4n) is 3.13. The monoisotopic (exact) mass is 409 g/mol. The molecule has 0 unspecified atom stereocenters. The lowest BCUT2D eigenvalue weighted by Gasteiger charge is -2.28. The number of thiophene rings is 1. The van der Waals surface area contributed by atoms with Crippen molar-refractivity contribution < 1.29 is 9.53 Å². The molecule has 1 N–H and O–H groups in total. The highest BCUT2D eigenvalue weighted by Crippen LogP contribution is 2.27. The summed E-state index contributed by atoms with van der Waals surface area (Å²) in [5, 5.41) is 4.99. The van der Waals surface area contributed by atoms with Gasteiger partial charge in [-0.2, -0.15) is 4.98 Å². The highest BCUT2D eigenvalue weighted by Gasteiger charge is 2.18. The Morgan fingerprint density at radius 1 is 1.17 bits per heavy atom. The third-order valence-electron chi connectivity index (χ3n) is 4.67. The van der Waals surface area contributed by atoms with E-state index < -0.39 is 0 Å². The molecule has 4 rings (SSSR count). The smallest absolute Gasteiger partial charge is 0.255 e. The van der Waals surface area contributed by atoms with Crippen molar-refractivity contribution in [1.29, 1.82) is 0 Å². The summed E-state index contributed by atoms with van der Waals surface area (Å²) in [4.78, 5) is 27.0. The van der Waals surface area contributed by atoms with Crippen molar-refractivity contribution in [2.45, 2.75) is 0 Å². The molecule has 8 heteroatoms. The molecule has 3 heterocycles. The van der Waals surface area contributed by atoms with Crippen molar-refractivity contribution in [3.8, 4) is 10.4 Å². The molecule has 3 aromatic rings. The average molecular weight is 410 g/mol. The summed E-state index contributed by atoms with van der Waals surface area (Å²) < 4.78 is 5.39. The molecular formula is C21H23N5O2S. The number of ether oxygens (including phenoxy) is 1. The van der Waals surface area contributed by atoms with Gasteiger partial charge in [0.2, 0.25) is 5.95 Å². The molecule has 1 amide bonds. The fraction of sp³-hybridized carbons (Fsp3) is 0.286. The predicted octanol–water partition coefficient (Wildman–Crippen LogP) is 3.36. The van der Waals surface area contributed by atoms with Crippen LogP contribution >= 0.6 is 11.3 Å². The molecular weight excluding hydrogens is 386 g/mol. The first-order valence-electron chi connectivity index (χ1n) is 9.44. The van der Waals surface area contributed by atoms with Gasteiger partial charge in [-0.15, -0.1) is 11.3 Å². The van der Waals surface area contributed by atoms with Gasteiger partial charge in [0, 0.05) is 37.6 Å². The van der Waals surface area contributed by atoms with Gasteiger partial charge in [0.15, 0.2) is 5.82 Å². The summed E-state index contributed by atoms with van der Waals surface area (Å²) in [5.74, 6) is 1.13. The van der Waals surface area contributed by atoms with E-state index >= 15 is 0 Å². The van der Waals surface area contributed by atoms with E-state index in [-0.39, 0.29) is 5.91 Å². The molecule has 0 bridgehead atoms. The van der Waals surface area contributed by atoms with E-state index in [1.807, 2.05) is 54.7 Å². The zero-order chi connectivity index (χ0) is 20.2. The van der Waals surface area contributed by atoms with Gasteiger partial charge in [-0.1, -0.05) is 18.2 Å². The molecule has 1 saturated heterocycles. The quantitative estimate of drug-likeness (QED) is 0.697. The molecule has 0 saturated carbocycles. The predicted molar refractivity (Wildman–Crippen MR) is 117 cm³/mol. The Kier molecular flexibility index (Phi) is 5.73. The van der Waals surface area contributed by atoms with Crippen LogP contribution in [0.25, 0.3) is 10.4 Å². The highest BCUT2D eigenvalue weighted by molar-refractivity contribution is 7.13. The van der Waals surface area contributed by atoms with Gasteiger partial charge >= 0.3 is 0 Å². The molecule has 29 heavy (non-hydrogen) atoms. The molecule has 1 aliphatic heterocycles. The number of carbonyl (C=O) groups is 1. The van der Waals surface area contributed by atoms with Crippen LogP contribution in [0.5, 0.6) is 0 Å². The summed E-state index contributed by atoms with van der Waals surface area (Å²) in [5.41, 5.74) is 2.27. The van der Waals surface area contributed by atoms with Crippen molar-refractivity contribution in [2.75, 3.05) is 55.5 Å². The molecule has 1 fully saturated rings. The lowest BCUT2D eigenvalue weighted by Crippen LogP contribution is -2.37. The Morgan fingerprint density at radius 2 is 1.93 bits per heavy atom. The number of benzene rings is 1. The molecule has 0 atom stereocenters. The summed E-state index contributed by atoms with van der Waals surface area (Å²) in [6, 6.07) is 11.7. The van der Waals surface area contributed by atoms with Crippen LogP contribution in [-0.2, 0) is 4.74 Å². The lowest BCUT2D eigenvalue weighted by atomic mass is 10.1. The summed E-state index contributed by atoms with van der Waals surface area (Å²) in [7, 11) is 3.80. The van der Waals surface area contributed by atoms with Crippen LogP contribution in [0.4, 0.5) is 17.5 Å². The lowest BCUT2D eigenvalue weighted by molar-refractivity contribution is 0.102. The Morgan fingerprint density at radius 3 is 2.59 bits per heavy atom. The van der Waals surface area contributed by atoms with E-state index in [9.17, 15) is 4.79 Å². The zero-order valence-corrected chi connectivity index (χ0v) is 17.3. The summed E-state index contributed by atoms with van der Waals surface area (Å²) >= 11 is 1.68. The topological polar surface area (TPSA) is 70.6 Å². The van der Waals surface area contributed by atoms with Gasteiger partial charge in [0.1, 0.15) is 5.69 Å². The Balaban J connectivity index is 1.52. The average Bonchev–Trinajstić information content (AvgIpc) is 3.29. The first-order chi connectivity index (χ1) is 14.1. The van der Waals surface area contributed by atoms with Crippen molar-refractivity contribution in [3.05, 3.63) is 53.5 Å². The van der Waals surface area contributed by atoms with Gasteiger partial charge in [-0.25, -0.2) is 4.98 Å². The number of aromatic nitrogens is 2. The maximum Gasteiger partial charge on any atom is 0.255 e. The van der Waals surface area contributed by atoms with Gasteiger partial charge < -0.3 is 19.9 Å². The van der Waals surface area contributed by atoms with Crippen LogP contribution in [0.1, 0.15) is 10.4 Å². The number of amides is 1. The summed E-state index contributed by atoms with van der Waals surface area (Å²) in [6.45, 7) is 2.85. The number of anilines is 3. The van der Waals surface area contributed by atoms with Crippen molar-refractivity contribution in [3.63, 3.8) is 0 Å². The minimum Gasteiger partial charge on any atom is -0.378 e. The van der Waals surface area contributed by atoms with Crippen LogP contribution in [0, 0.1) is 0 Å². The number of rotatable bonds is 5. The Labute approximate surface area is 174 Å². The number of hydrogen-bond acceptors (Lipinski definition) is 7. The van der Waals surface area contributed by atoms with E-state index in [1.54, 1.807) is 17.5 Å². The normalized spacial score (nSPS) is 13.9. The SMILES string of the molecule is CN(C)c1nc(N2CCOCC2)ncc1NC(=O)c1ccc(-c2cccs2)cc1. The number of hydrogen-bond donors (Lipinski definition) is 1. The first kappa shape index (κ1) is 19.4. The van der Waals surface area contributed by atoms with Crippen LogP contribution in [0.2, 0.25) is 0 Å². The zero-order valence-electron chi connectivity index (χ0n) is 16.5. The first-order valence-corrected chi connectivity index (χ1v) is 10.3. The maximum absolute atomic E-state index is 12.8. The van der Waals surface area contributed by atoms with Crippen LogP contribution in [0.15, 0.2) is 48.0 Å². The number of morpholine rings is 1. The van der Waals surface area contributed by atoms with Crippen molar-refractivity contribution >= 4 is 34.7 Å². The van der Waals surface area contributed by atoms with E-state index in [4.69, 9.17) is 4.74 Å². The fourth-order valence-corrected chi connectivity index (χ4v) is 3.86. The number of nitrogens with one attached hydrogen (secondary N) is 1. The number of nitrogens with zero attached hydrogens (tertiary/aromatic N) is 4. The molecule has 1 aromatic carbocycles. The summed E-state index contributed by atoms with van der Waals surface area (Å²) in [6.07, 6.45) is 1.67. The second kappa shape index (κ2) is 8.59. The highest BCUT2D eigenvalue weighted by atomic mass is 32.1. The molecule has 7 nitrogen and oxygen atoms in total. The molecule has 0 aliphatic carbocycles. The van der Waals surface area contributed by atoms with E-state index in [0.29, 0.717) is 36.2 Å². The minimum atomic E-state index is -0.187. The molecule has 0 radical (unpaired) electrons. The van der Waals surface area contributed by atoms with Crippen LogP contribution < -0.4 is 15.1 Å². The van der Waals surface area contributed by atoms with Gasteiger partial charge in [0.05, 0.1) is 19.4 Å². The van der Waals surface area contributed by atoms with E-state index in [2.05, 4.69) is 26.3 Å². The maximum atomic E-state index is 12.8. The van der Waals surface area contributed by atoms with E-state index in [1.165, 1.54) is 4.88 Å². The molecule has 1 aliphatic rings. The van der Waals surface area contributed by atoms with Gasteiger partial charge in [-0.3, -0.25) is 4.79 Å². The van der Waals surface area contributed by atoms with Crippen molar-refractivity contribution in [2.24, 2.45) is 0 Å². The second-order valence-corrected chi connectivity index (χ2v) is 7.86. The second-order valence-electron chi connectivity index (χ2n) is 6.91. The van der Waals surface area contributed by atoms with E-state index in [0.717, 1.165) is 18.7 Å². The van der Waals surface area contributed by atoms with Crippen LogP contribution in [0.3, 0.4) is 0 Å². The molecule has 2 aromatic heterocycles. The molecule has 150 valence electrons. The Hall–Kier alpha value is -2.97.